The second kappa shape index (κ2) is 8.58. The third kappa shape index (κ3) is 3.71. The van der Waals surface area contributed by atoms with Gasteiger partial charge in [-0.25, -0.2) is 9.98 Å². The number of rotatable bonds is 6. The molecule has 3 aromatic rings. The van der Waals surface area contributed by atoms with Crippen LogP contribution >= 0.6 is 0 Å². The maximum absolute atomic E-state index is 12.7. The lowest BCUT2D eigenvalue weighted by molar-refractivity contribution is -0.115. The summed E-state index contributed by atoms with van der Waals surface area (Å²) in [6, 6.07) is 11.3. The minimum Gasteiger partial charge on any atom is -0.493 e. The molecule has 1 N–H and O–H groups in total. The highest BCUT2D eigenvalue weighted by Gasteiger charge is 2.24. The molecule has 4 rings (SSSR count). The molecular formula is C24H23N3O5. The number of benzene rings is 2. The zero-order valence-electron chi connectivity index (χ0n) is 18.5. The number of amides is 1. The van der Waals surface area contributed by atoms with E-state index in [1.165, 1.54) is 21.3 Å². The van der Waals surface area contributed by atoms with E-state index in [0.717, 1.165) is 16.5 Å². The summed E-state index contributed by atoms with van der Waals surface area (Å²) < 4.78 is 21.6. The van der Waals surface area contributed by atoms with Crippen molar-refractivity contribution in [1.29, 1.82) is 0 Å². The fourth-order valence-corrected chi connectivity index (χ4v) is 3.58. The van der Waals surface area contributed by atoms with Crippen molar-refractivity contribution in [3.05, 3.63) is 58.8 Å². The van der Waals surface area contributed by atoms with Gasteiger partial charge in [0, 0.05) is 16.5 Å². The summed E-state index contributed by atoms with van der Waals surface area (Å²) in [4.78, 5) is 21.8. The van der Waals surface area contributed by atoms with Gasteiger partial charge in [0.15, 0.2) is 11.5 Å². The minimum atomic E-state index is -0.333. The molecule has 2 aromatic carbocycles. The number of ether oxygens (including phenoxy) is 4. The Morgan fingerprint density at radius 1 is 0.938 bits per heavy atom. The molecule has 0 aliphatic carbocycles. The van der Waals surface area contributed by atoms with Gasteiger partial charge in [-0.15, -0.1) is 0 Å². The summed E-state index contributed by atoms with van der Waals surface area (Å²) in [5.41, 5.74) is 3.41. The number of pyridine rings is 1. The van der Waals surface area contributed by atoms with Gasteiger partial charge in [0.2, 0.25) is 11.6 Å². The van der Waals surface area contributed by atoms with Crippen molar-refractivity contribution >= 4 is 28.7 Å². The smallest absolute Gasteiger partial charge is 0.275 e. The number of hydrogen-bond acceptors (Lipinski definition) is 7. The molecule has 0 saturated carbocycles. The topological polar surface area (TPSA) is 91.3 Å². The van der Waals surface area contributed by atoms with Crippen LogP contribution in [0.15, 0.2) is 47.1 Å². The zero-order valence-corrected chi connectivity index (χ0v) is 18.5. The molecule has 0 unspecified atom stereocenters. The number of carbonyl (C=O) groups is 1. The summed E-state index contributed by atoms with van der Waals surface area (Å²) in [5.74, 6) is 1.86. The highest BCUT2D eigenvalue weighted by atomic mass is 16.5. The predicted octanol–water partition coefficient (Wildman–Crippen LogP) is 3.50. The van der Waals surface area contributed by atoms with E-state index in [1.807, 2.05) is 31.2 Å². The maximum Gasteiger partial charge on any atom is 0.275 e. The number of nitrogens with zero attached hydrogens (tertiary/aromatic N) is 2. The molecule has 0 fully saturated rings. The largest absolute Gasteiger partial charge is 0.493 e. The van der Waals surface area contributed by atoms with Gasteiger partial charge in [0.05, 0.1) is 34.0 Å². The van der Waals surface area contributed by atoms with E-state index in [0.29, 0.717) is 40.1 Å². The fraction of sp³-hybridized carbons (Fsp3) is 0.208. The first-order valence-corrected chi connectivity index (χ1v) is 9.85. The van der Waals surface area contributed by atoms with Crippen LogP contribution in [0.2, 0.25) is 0 Å². The van der Waals surface area contributed by atoms with Crippen molar-refractivity contribution in [2.24, 2.45) is 4.99 Å². The molecular weight excluding hydrogens is 410 g/mol. The van der Waals surface area contributed by atoms with E-state index in [9.17, 15) is 4.79 Å². The Kier molecular flexibility index (Phi) is 5.68. The summed E-state index contributed by atoms with van der Waals surface area (Å²) in [7, 11) is 6.14. The van der Waals surface area contributed by atoms with Crippen LogP contribution < -0.4 is 24.3 Å². The third-order valence-electron chi connectivity index (χ3n) is 5.16. The van der Waals surface area contributed by atoms with E-state index in [-0.39, 0.29) is 11.6 Å². The standard InChI is InChI=1S/C24H23N3O5/c1-13-7-6-8-14-9-16(24(32-5)26-20(13)14)10-17-23(28)27-22(25-17)15-11-18(29-2)21(31-4)19(12-15)30-3/h6-12H,1-5H3,(H,25,27,28). The summed E-state index contributed by atoms with van der Waals surface area (Å²) in [6.45, 7) is 1.99. The van der Waals surface area contributed by atoms with Crippen molar-refractivity contribution in [2.45, 2.75) is 6.92 Å². The van der Waals surface area contributed by atoms with E-state index < -0.39 is 0 Å². The Morgan fingerprint density at radius 3 is 2.28 bits per heavy atom. The second-order valence-electron chi connectivity index (χ2n) is 7.09. The molecule has 164 valence electrons. The molecule has 32 heavy (non-hydrogen) atoms. The van der Waals surface area contributed by atoms with Crippen molar-refractivity contribution in [3.63, 3.8) is 0 Å². The van der Waals surface area contributed by atoms with Gasteiger partial charge < -0.3 is 24.3 Å². The quantitative estimate of drug-likeness (QED) is 0.599. The molecule has 0 radical (unpaired) electrons. The molecule has 0 atom stereocenters. The van der Waals surface area contributed by atoms with Gasteiger partial charge in [-0.2, -0.15) is 0 Å². The Morgan fingerprint density at radius 2 is 1.66 bits per heavy atom. The monoisotopic (exact) mass is 433 g/mol. The number of para-hydroxylation sites is 1. The van der Waals surface area contributed by atoms with Gasteiger partial charge in [-0.3, -0.25) is 4.79 Å². The number of nitrogens with one attached hydrogen (secondary N) is 1. The molecule has 1 amide bonds. The summed E-state index contributed by atoms with van der Waals surface area (Å²) >= 11 is 0. The second-order valence-corrected chi connectivity index (χ2v) is 7.09. The maximum atomic E-state index is 12.7. The number of amidine groups is 1. The van der Waals surface area contributed by atoms with Crippen LogP contribution in [0.4, 0.5) is 0 Å². The summed E-state index contributed by atoms with van der Waals surface area (Å²) in [5, 5.41) is 3.74. The molecule has 2 heterocycles. The highest BCUT2D eigenvalue weighted by molar-refractivity contribution is 6.20. The molecule has 0 saturated heterocycles. The number of carbonyl (C=O) groups excluding carboxylic acids is 1. The SMILES string of the molecule is COc1cc(C2=NC(=Cc3cc4cccc(C)c4nc3OC)C(=O)N2)cc(OC)c1OC. The predicted molar refractivity (Wildman–Crippen MR) is 122 cm³/mol. The minimum absolute atomic E-state index is 0.237. The van der Waals surface area contributed by atoms with Crippen LogP contribution in [0.3, 0.4) is 0 Å². The lowest BCUT2D eigenvalue weighted by Crippen LogP contribution is -2.24. The van der Waals surface area contributed by atoms with E-state index in [1.54, 1.807) is 25.3 Å². The van der Waals surface area contributed by atoms with Crippen molar-refractivity contribution in [3.8, 4) is 23.1 Å². The molecule has 8 nitrogen and oxygen atoms in total. The van der Waals surface area contributed by atoms with Crippen molar-refractivity contribution < 1.29 is 23.7 Å². The lowest BCUT2D eigenvalue weighted by Gasteiger charge is -2.13. The van der Waals surface area contributed by atoms with Crippen LogP contribution in [0, 0.1) is 6.92 Å². The average Bonchev–Trinajstić information content (AvgIpc) is 3.17. The molecule has 0 bridgehead atoms. The summed E-state index contributed by atoms with van der Waals surface area (Å²) in [6.07, 6.45) is 1.66. The van der Waals surface area contributed by atoms with Gasteiger partial charge in [-0.1, -0.05) is 18.2 Å². The van der Waals surface area contributed by atoms with Crippen LogP contribution in [0.1, 0.15) is 16.7 Å². The molecule has 8 heteroatoms. The first-order chi connectivity index (χ1) is 15.5. The fourth-order valence-electron chi connectivity index (χ4n) is 3.58. The third-order valence-corrected chi connectivity index (χ3v) is 5.16. The Hall–Kier alpha value is -4.07. The first-order valence-electron chi connectivity index (χ1n) is 9.85. The Labute approximate surface area is 185 Å². The number of fused-ring (bicyclic) bond motifs is 1. The Balaban J connectivity index is 1.79. The number of aliphatic imine (C=N–C) groups is 1. The van der Waals surface area contributed by atoms with Crippen molar-refractivity contribution in [1.82, 2.24) is 10.3 Å². The van der Waals surface area contributed by atoms with Gasteiger partial charge in [0.1, 0.15) is 11.5 Å². The van der Waals surface area contributed by atoms with Crippen LogP contribution in [0.25, 0.3) is 17.0 Å². The van der Waals surface area contributed by atoms with Crippen LogP contribution in [-0.4, -0.2) is 45.2 Å². The van der Waals surface area contributed by atoms with Gasteiger partial charge in [-0.05, 0) is 36.8 Å². The van der Waals surface area contributed by atoms with Gasteiger partial charge in [0.25, 0.3) is 5.91 Å². The highest BCUT2D eigenvalue weighted by Crippen LogP contribution is 2.38. The Bertz CT molecular complexity index is 1260. The van der Waals surface area contributed by atoms with Gasteiger partial charge >= 0.3 is 0 Å². The first kappa shape index (κ1) is 21.2. The van der Waals surface area contributed by atoms with E-state index >= 15 is 0 Å². The lowest BCUT2D eigenvalue weighted by atomic mass is 10.1. The number of methoxy groups -OCH3 is 4. The number of aromatic nitrogens is 1. The molecule has 0 spiro atoms. The number of aryl methyl sites for hydroxylation is 1. The molecule has 1 aliphatic heterocycles. The van der Waals surface area contributed by atoms with E-state index in [2.05, 4.69) is 15.3 Å². The normalized spacial score (nSPS) is 14.3. The van der Waals surface area contributed by atoms with Crippen molar-refractivity contribution in [2.75, 3.05) is 28.4 Å². The van der Waals surface area contributed by atoms with Crippen LogP contribution in [-0.2, 0) is 4.79 Å². The molecule has 1 aromatic heterocycles. The van der Waals surface area contributed by atoms with Crippen LogP contribution in [0.5, 0.6) is 23.1 Å². The number of hydrogen-bond donors (Lipinski definition) is 1. The zero-order chi connectivity index (χ0) is 22.8. The van der Waals surface area contributed by atoms with E-state index in [4.69, 9.17) is 18.9 Å². The average molecular weight is 433 g/mol. The molecule has 1 aliphatic rings.